The molecule has 1 aromatic heterocycles. The van der Waals surface area contributed by atoms with Crippen LogP contribution in [0.1, 0.15) is 23.1 Å². The topological polar surface area (TPSA) is 68.0 Å². The largest absolute Gasteiger partial charge is 0.352 e. The molecule has 4 nitrogen and oxygen atoms in total. The average molecular weight is 319 g/mol. The Labute approximate surface area is 141 Å². The summed E-state index contributed by atoms with van der Waals surface area (Å²) in [6.07, 6.45) is 4.82. The second kappa shape index (κ2) is 7.70. The van der Waals surface area contributed by atoms with Crippen LogP contribution in [0, 0.1) is 0 Å². The molecule has 122 valence electrons. The molecule has 0 aliphatic rings. The molecule has 0 saturated carbocycles. The predicted octanol–water partition coefficient (Wildman–Crippen LogP) is 2.94. The molecule has 24 heavy (non-hydrogen) atoms. The summed E-state index contributed by atoms with van der Waals surface area (Å²) in [4.78, 5) is 16.4. The van der Waals surface area contributed by atoms with E-state index < -0.39 is 0 Å². The summed E-state index contributed by atoms with van der Waals surface area (Å²) in [7, 11) is 0. The zero-order valence-corrected chi connectivity index (χ0v) is 13.5. The third-order valence-electron chi connectivity index (χ3n) is 4.19. The number of benzene rings is 2. The van der Waals surface area contributed by atoms with E-state index in [2.05, 4.69) is 16.4 Å². The van der Waals surface area contributed by atoms with Crippen LogP contribution < -0.4 is 11.1 Å². The van der Waals surface area contributed by atoms with E-state index >= 15 is 0 Å². The van der Waals surface area contributed by atoms with E-state index in [1.54, 1.807) is 0 Å². The van der Waals surface area contributed by atoms with Crippen molar-refractivity contribution < 1.29 is 4.79 Å². The summed E-state index contributed by atoms with van der Waals surface area (Å²) in [6, 6.07) is 16.0. The van der Waals surface area contributed by atoms with Gasteiger partial charge in [-0.25, -0.2) is 0 Å². The van der Waals surface area contributed by atoms with Crippen molar-refractivity contribution in [2.24, 2.45) is 5.73 Å². The number of nitrogens with one attached hydrogen (secondary N) is 1. The normalized spacial score (nSPS) is 10.7. The Morgan fingerprint density at radius 1 is 0.958 bits per heavy atom. The van der Waals surface area contributed by atoms with Crippen LogP contribution in [0.25, 0.3) is 10.8 Å². The lowest BCUT2D eigenvalue weighted by Gasteiger charge is -2.10. The van der Waals surface area contributed by atoms with Gasteiger partial charge in [0, 0.05) is 37.3 Å². The first kappa shape index (κ1) is 16.1. The summed E-state index contributed by atoms with van der Waals surface area (Å²) in [5, 5.41) is 5.24. The lowest BCUT2D eigenvalue weighted by atomic mass is 10.0. The zero-order chi connectivity index (χ0) is 16.8. The molecule has 1 heterocycles. The molecule has 0 aliphatic carbocycles. The molecule has 3 N–H and O–H groups in total. The zero-order valence-electron chi connectivity index (χ0n) is 13.5. The number of pyridine rings is 1. The number of fused-ring (bicyclic) bond motifs is 1. The van der Waals surface area contributed by atoms with Crippen LogP contribution in [-0.4, -0.2) is 10.9 Å². The van der Waals surface area contributed by atoms with Crippen molar-refractivity contribution in [2.45, 2.75) is 25.9 Å². The number of hydrogen-bond donors (Lipinski definition) is 2. The lowest BCUT2D eigenvalue weighted by Crippen LogP contribution is -2.24. The molecule has 1 amide bonds. The summed E-state index contributed by atoms with van der Waals surface area (Å²) in [6.45, 7) is 0.994. The number of nitrogens with zero attached hydrogens (tertiary/aromatic N) is 1. The highest BCUT2D eigenvalue weighted by Gasteiger charge is 2.07. The second-order valence-electron chi connectivity index (χ2n) is 5.77. The highest BCUT2D eigenvalue weighted by molar-refractivity contribution is 5.85. The van der Waals surface area contributed by atoms with Gasteiger partial charge in [-0.2, -0.15) is 0 Å². The third-order valence-corrected chi connectivity index (χ3v) is 4.19. The highest BCUT2D eigenvalue weighted by Crippen LogP contribution is 2.18. The Morgan fingerprint density at radius 2 is 1.71 bits per heavy atom. The second-order valence-corrected chi connectivity index (χ2v) is 5.77. The first-order valence-electron chi connectivity index (χ1n) is 8.13. The van der Waals surface area contributed by atoms with Crippen molar-refractivity contribution in [3.63, 3.8) is 0 Å². The molecule has 0 radical (unpaired) electrons. The average Bonchev–Trinajstić information content (AvgIpc) is 2.64. The molecule has 0 fully saturated rings. The molecule has 0 atom stereocenters. The Balaban J connectivity index is 1.59. The highest BCUT2D eigenvalue weighted by atomic mass is 16.1. The van der Waals surface area contributed by atoms with E-state index in [0.29, 0.717) is 25.9 Å². The molecule has 0 bridgehead atoms. The van der Waals surface area contributed by atoms with Crippen molar-refractivity contribution in [2.75, 3.05) is 0 Å². The van der Waals surface area contributed by atoms with Crippen molar-refractivity contribution >= 4 is 16.7 Å². The Morgan fingerprint density at radius 3 is 2.54 bits per heavy atom. The van der Waals surface area contributed by atoms with Crippen LogP contribution in [0.2, 0.25) is 0 Å². The molecule has 0 saturated heterocycles. The fourth-order valence-corrected chi connectivity index (χ4v) is 2.84. The Bertz CT molecular complexity index is 840. The van der Waals surface area contributed by atoms with Crippen molar-refractivity contribution in [1.29, 1.82) is 0 Å². The molecule has 4 heteroatoms. The summed E-state index contributed by atoms with van der Waals surface area (Å²) >= 11 is 0. The molecule has 0 spiro atoms. The van der Waals surface area contributed by atoms with Crippen LogP contribution in [0.5, 0.6) is 0 Å². The molecular weight excluding hydrogens is 298 g/mol. The first-order chi connectivity index (χ1) is 11.8. The maximum absolute atomic E-state index is 12.2. The van der Waals surface area contributed by atoms with Crippen molar-refractivity contribution in [3.05, 3.63) is 77.6 Å². The fourth-order valence-electron chi connectivity index (χ4n) is 2.84. The number of nitrogens with two attached hydrogens (primary N) is 1. The van der Waals surface area contributed by atoms with Gasteiger partial charge in [-0.1, -0.05) is 48.5 Å². The van der Waals surface area contributed by atoms with E-state index in [0.717, 1.165) is 27.5 Å². The standard InChI is InChI=1S/C20H21N3O/c21-11-15-5-1-2-6-16(15)14-23-20(24)10-9-18-13-22-12-17-7-3-4-8-19(17)18/h1-8,12-13H,9-11,14,21H2,(H,23,24). The number of rotatable bonds is 6. The van der Waals surface area contributed by atoms with Crippen LogP contribution in [-0.2, 0) is 24.3 Å². The minimum absolute atomic E-state index is 0.0368. The maximum Gasteiger partial charge on any atom is 0.220 e. The quantitative estimate of drug-likeness (QED) is 0.734. The fraction of sp³-hybridized carbons (Fsp3) is 0.200. The minimum Gasteiger partial charge on any atom is -0.352 e. The number of carbonyl (C=O) groups is 1. The summed E-state index contributed by atoms with van der Waals surface area (Å²) in [5.74, 6) is 0.0368. The molecular formula is C20H21N3O. The van der Waals surface area contributed by atoms with Gasteiger partial charge in [-0.3, -0.25) is 9.78 Å². The van der Waals surface area contributed by atoms with Crippen molar-refractivity contribution in [3.8, 4) is 0 Å². The Kier molecular flexibility index (Phi) is 5.18. The third kappa shape index (κ3) is 3.78. The van der Waals surface area contributed by atoms with Gasteiger partial charge in [0.25, 0.3) is 0 Å². The van der Waals surface area contributed by atoms with Gasteiger partial charge in [0.2, 0.25) is 5.91 Å². The van der Waals surface area contributed by atoms with Gasteiger partial charge in [0.05, 0.1) is 0 Å². The molecule has 3 aromatic rings. The number of amides is 1. The predicted molar refractivity (Wildman–Crippen MR) is 96.2 cm³/mol. The van der Waals surface area contributed by atoms with Crippen LogP contribution >= 0.6 is 0 Å². The number of aryl methyl sites for hydroxylation is 1. The first-order valence-corrected chi connectivity index (χ1v) is 8.13. The molecule has 0 unspecified atom stereocenters. The maximum atomic E-state index is 12.2. The van der Waals surface area contributed by atoms with E-state index in [-0.39, 0.29) is 5.91 Å². The van der Waals surface area contributed by atoms with E-state index in [1.807, 2.05) is 54.9 Å². The van der Waals surface area contributed by atoms with Gasteiger partial charge in [0.15, 0.2) is 0 Å². The Hall–Kier alpha value is -2.72. The minimum atomic E-state index is 0.0368. The summed E-state index contributed by atoms with van der Waals surface area (Å²) in [5.41, 5.74) is 8.96. The monoisotopic (exact) mass is 319 g/mol. The van der Waals surface area contributed by atoms with Crippen LogP contribution in [0.3, 0.4) is 0 Å². The molecule has 0 aliphatic heterocycles. The van der Waals surface area contributed by atoms with Gasteiger partial charge >= 0.3 is 0 Å². The van der Waals surface area contributed by atoms with E-state index in [1.165, 1.54) is 0 Å². The number of hydrogen-bond acceptors (Lipinski definition) is 3. The smallest absolute Gasteiger partial charge is 0.220 e. The lowest BCUT2D eigenvalue weighted by molar-refractivity contribution is -0.121. The number of aromatic nitrogens is 1. The summed E-state index contributed by atoms with van der Waals surface area (Å²) < 4.78 is 0. The van der Waals surface area contributed by atoms with Gasteiger partial charge < -0.3 is 11.1 Å². The van der Waals surface area contributed by atoms with Crippen LogP contribution in [0.4, 0.5) is 0 Å². The van der Waals surface area contributed by atoms with E-state index in [9.17, 15) is 4.79 Å². The van der Waals surface area contributed by atoms with E-state index in [4.69, 9.17) is 5.73 Å². The molecule has 2 aromatic carbocycles. The van der Waals surface area contributed by atoms with Crippen LogP contribution in [0.15, 0.2) is 60.9 Å². The number of carbonyl (C=O) groups excluding carboxylic acids is 1. The van der Waals surface area contributed by atoms with Crippen molar-refractivity contribution in [1.82, 2.24) is 10.3 Å². The van der Waals surface area contributed by atoms with Gasteiger partial charge in [-0.05, 0) is 28.5 Å². The SMILES string of the molecule is NCc1ccccc1CNC(=O)CCc1cncc2ccccc12. The van der Waals surface area contributed by atoms with Gasteiger partial charge in [0.1, 0.15) is 0 Å². The van der Waals surface area contributed by atoms with Gasteiger partial charge in [-0.15, -0.1) is 0 Å². The molecule has 3 rings (SSSR count).